The molecule has 0 aliphatic heterocycles. The Bertz CT molecular complexity index is 388. The van der Waals surface area contributed by atoms with Gasteiger partial charge in [-0.2, -0.15) is 0 Å². The summed E-state index contributed by atoms with van der Waals surface area (Å²) in [7, 11) is 0. The van der Waals surface area contributed by atoms with Crippen molar-refractivity contribution in [2.75, 3.05) is 0 Å². The van der Waals surface area contributed by atoms with E-state index in [1.807, 2.05) is 0 Å². The minimum absolute atomic E-state index is 0.0672. The first-order valence-electron chi connectivity index (χ1n) is 4.08. The summed E-state index contributed by atoms with van der Waals surface area (Å²) in [4.78, 5) is 11.4. The molecule has 1 heterocycles. The lowest BCUT2D eigenvalue weighted by Crippen LogP contribution is -2.42. The molecular formula is C8H10ClN3O3. The second-order valence-electron chi connectivity index (χ2n) is 2.82. The molecule has 1 atom stereocenters. The molecule has 0 aliphatic rings. The molecule has 1 aromatic rings. The number of hydrogen-bond donors (Lipinski definition) is 3. The fourth-order valence-electron chi connectivity index (χ4n) is 0.865. The van der Waals surface area contributed by atoms with Crippen LogP contribution in [0.2, 0.25) is 5.22 Å². The molecule has 1 aromatic heterocycles. The predicted octanol–water partition coefficient (Wildman–Crippen LogP) is 0.798. The van der Waals surface area contributed by atoms with Crippen LogP contribution in [0.15, 0.2) is 21.7 Å². The van der Waals surface area contributed by atoms with Gasteiger partial charge >= 0.3 is 0 Å². The number of carbonyl (C=O) groups excluding carboxylic acids is 1. The number of amides is 1. The minimum Gasteiger partial charge on any atom is -0.440 e. The molecule has 0 aliphatic carbocycles. The maximum absolute atomic E-state index is 11.4. The summed E-state index contributed by atoms with van der Waals surface area (Å²) in [6, 6.07) is 2.28. The SMILES string of the molecule is CC(NC(=O)c1ccc(Cl)o1)/C(N)=N/O. The lowest BCUT2D eigenvalue weighted by Gasteiger charge is -2.10. The van der Waals surface area contributed by atoms with Gasteiger partial charge in [-0.1, -0.05) is 5.16 Å². The van der Waals surface area contributed by atoms with Crippen molar-refractivity contribution < 1.29 is 14.4 Å². The molecule has 15 heavy (non-hydrogen) atoms. The molecule has 0 fully saturated rings. The van der Waals surface area contributed by atoms with Crippen LogP contribution in [0.1, 0.15) is 17.5 Å². The second-order valence-corrected chi connectivity index (χ2v) is 3.20. The summed E-state index contributed by atoms with van der Waals surface area (Å²) in [6.07, 6.45) is 0. The molecule has 0 spiro atoms. The summed E-state index contributed by atoms with van der Waals surface area (Å²) in [5, 5.41) is 13.7. The van der Waals surface area contributed by atoms with Crippen LogP contribution in [-0.2, 0) is 0 Å². The van der Waals surface area contributed by atoms with E-state index in [0.717, 1.165) is 0 Å². The summed E-state index contributed by atoms with van der Waals surface area (Å²) in [5.74, 6) is -0.514. The van der Waals surface area contributed by atoms with Crippen molar-refractivity contribution in [2.45, 2.75) is 13.0 Å². The zero-order valence-electron chi connectivity index (χ0n) is 7.90. The van der Waals surface area contributed by atoms with Crippen molar-refractivity contribution in [3.05, 3.63) is 23.1 Å². The highest BCUT2D eigenvalue weighted by Gasteiger charge is 2.15. The standard InChI is InChI=1S/C8H10ClN3O3/c1-4(7(10)12-14)11-8(13)5-2-3-6(9)15-5/h2-4,14H,1H3,(H2,10,12)(H,11,13). The molecule has 4 N–H and O–H groups in total. The molecule has 0 saturated heterocycles. The number of oxime groups is 1. The van der Waals surface area contributed by atoms with Crippen molar-refractivity contribution in [3.8, 4) is 0 Å². The predicted molar refractivity (Wildman–Crippen MR) is 54.1 cm³/mol. The monoisotopic (exact) mass is 231 g/mol. The van der Waals surface area contributed by atoms with Gasteiger partial charge in [0, 0.05) is 0 Å². The third-order valence-electron chi connectivity index (χ3n) is 1.70. The Morgan fingerprint density at radius 1 is 1.73 bits per heavy atom. The van der Waals surface area contributed by atoms with Crippen molar-refractivity contribution in [1.82, 2.24) is 5.32 Å². The summed E-state index contributed by atoms with van der Waals surface area (Å²) in [6.45, 7) is 1.57. The minimum atomic E-state index is -0.591. The third-order valence-corrected chi connectivity index (χ3v) is 1.91. The van der Waals surface area contributed by atoms with E-state index in [4.69, 9.17) is 27.0 Å². The van der Waals surface area contributed by atoms with Gasteiger partial charge in [-0.15, -0.1) is 0 Å². The summed E-state index contributed by atoms with van der Waals surface area (Å²) in [5.41, 5.74) is 5.28. The largest absolute Gasteiger partial charge is 0.440 e. The van der Waals surface area contributed by atoms with E-state index in [-0.39, 0.29) is 16.8 Å². The molecule has 82 valence electrons. The Kier molecular flexibility index (Phi) is 3.56. The van der Waals surface area contributed by atoms with Gasteiger partial charge in [0.15, 0.2) is 16.8 Å². The topological polar surface area (TPSA) is 101 Å². The van der Waals surface area contributed by atoms with Crippen LogP contribution in [0.3, 0.4) is 0 Å². The lowest BCUT2D eigenvalue weighted by atomic mass is 10.3. The number of amidine groups is 1. The Hall–Kier alpha value is -1.69. The highest BCUT2D eigenvalue weighted by Crippen LogP contribution is 2.12. The van der Waals surface area contributed by atoms with Crippen LogP contribution >= 0.6 is 11.6 Å². The van der Waals surface area contributed by atoms with Crippen LogP contribution in [0.4, 0.5) is 0 Å². The molecule has 1 unspecified atom stereocenters. The van der Waals surface area contributed by atoms with Gasteiger partial charge < -0.3 is 20.7 Å². The number of rotatable bonds is 3. The zero-order valence-corrected chi connectivity index (χ0v) is 8.65. The van der Waals surface area contributed by atoms with E-state index in [1.165, 1.54) is 12.1 Å². The quantitative estimate of drug-likeness (QED) is 0.310. The Balaban J connectivity index is 2.64. The fraction of sp³-hybridized carbons (Fsp3) is 0.250. The van der Waals surface area contributed by atoms with Crippen LogP contribution in [0.5, 0.6) is 0 Å². The number of nitrogens with two attached hydrogens (primary N) is 1. The molecule has 1 amide bonds. The molecule has 6 nitrogen and oxygen atoms in total. The smallest absolute Gasteiger partial charge is 0.287 e. The first kappa shape index (κ1) is 11.4. The van der Waals surface area contributed by atoms with Gasteiger partial charge in [0.05, 0.1) is 6.04 Å². The number of hydrogen-bond acceptors (Lipinski definition) is 4. The molecule has 1 rings (SSSR count). The number of furan rings is 1. The number of halogens is 1. The Labute approximate surface area is 90.7 Å². The van der Waals surface area contributed by atoms with Gasteiger partial charge in [0.1, 0.15) is 0 Å². The van der Waals surface area contributed by atoms with Gasteiger partial charge in [-0.05, 0) is 30.7 Å². The zero-order chi connectivity index (χ0) is 11.4. The maximum Gasteiger partial charge on any atom is 0.287 e. The number of nitrogens with one attached hydrogen (secondary N) is 1. The lowest BCUT2D eigenvalue weighted by molar-refractivity contribution is 0.0921. The van der Waals surface area contributed by atoms with Crippen molar-refractivity contribution in [3.63, 3.8) is 0 Å². The van der Waals surface area contributed by atoms with Crippen molar-refractivity contribution in [2.24, 2.45) is 10.9 Å². The van der Waals surface area contributed by atoms with Gasteiger partial charge in [0.25, 0.3) is 5.91 Å². The normalized spacial score (nSPS) is 13.6. The van der Waals surface area contributed by atoms with Gasteiger partial charge in [-0.25, -0.2) is 0 Å². The van der Waals surface area contributed by atoms with E-state index in [2.05, 4.69) is 10.5 Å². The number of nitrogens with zero attached hydrogens (tertiary/aromatic N) is 1. The van der Waals surface area contributed by atoms with E-state index in [0.29, 0.717) is 0 Å². The molecule has 0 radical (unpaired) electrons. The highest BCUT2D eigenvalue weighted by molar-refractivity contribution is 6.29. The average Bonchev–Trinajstić information content (AvgIpc) is 2.63. The first-order chi connectivity index (χ1) is 7.04. The summed E-state index contributed by atoms with van der Waals surface area (Å²) < 4.78 is 4.87. The van der Waals surface area contributed by atoms with Gasteiger partial charge in [0.2, 0.25) is 0 Å². The van der Waals surface area contributed by atoms with E-state index >= 15 is 0 Å². The highest BCUT2D eigenvalue weighted by atomic mass is 35.5. The van der Waals surface area contributed by atoms with Gasteiger partial charge in [-0.3, -0.25) is 4.79 Å². The fourth-order valence-corrected chi connectivity index (χ4v) is 1.01. The van der Waals surface area contributed by atoms with Crippen LogP contribution in [-0.4, -0.2) is 23.0 Å². The molecule has 7 heteroatoms. The van der Waals surface area contributed by atoms with E-state index in [9.17, 15) is 4.79 Å². The molecule has 0 bridgehead atoms. The van der Waals surface area contributed by atoms with E-state index < -0.39 is 11.9 Å². The van der Waals surface area contributed by atoms with Crippen LogP contribution in [0, 0.1) is 0 Å². The average molecular weight is 232 g/mol. The van der Waals surface area contributed by atoms with Crippen molar-refractivity contribution >= 4 is 23.3 Å². The molecular weight excluding hydrogens is 222 g/mol. The van der Waals surface area contributed by atoms with Crippen LogP contribution < -0.4 is 11.1 Å². The van der Waals surface area contributed by atoms with Crippen molar-refractivity contribution in [1.29, 1.82) is 0 Å². The first-order valence-corrected chi connectivity index (χ1v) is 4.46. The number of carbonyl (C=O) groups is 1. The summed E-state index contributed by atoms with van der Waals surface area (Å²) >= 11 is 5.50. The van der Waals surface area contributed by atoms with E-state index in [1.54, 1.807) is 6.92 Å². The second kappa shape index (κ2) is 4.70. The Morgan fingerprint density at radius 3 is 2.87 bits per heavy atom. The van der Waals surface area contributed by atoms with Crippen LogP contribution in [0.25, 0.3) is 0 Å². The molecule has 0 saturated carbocycles. The Morgan fingerprint density at radius 2 is 2.40 bits per heavy atom. The molecule has 0 aromatic carbocycles. The maximum atomic E-state index is 11.4. The third kappa shape index (κ3) is 2.88.